The number of hydrogen-bond acceptors (Lipinski definition) is 2. The molecule has 0 saturated carbocycles. The highest BCUT2D eigenvalue weighted by molar-refractivity contribution is 6.30. The van der Waals surface area contributed by atoms with Crippen molar-refractivity contribution in [2.45, 2.75) is 6.61 Å². The van der Waals surface area contributed by atoms with E-state index in [4.69, 9.17) is 22.1 Å². The summed E-state index contributed by atoms with van der Waals surface area (Å²) in [7, 11) is 0. The minimum atomic E-state index is -0.522. The SMILES string of the molecule is NCC#Cc1cc(F)cc(OCc2ccc(Cl)c(F)c2)c1. The van der Waals surface area contributed by atoms with Crippen molar-refractivity contribution in [1.82, 2.24) is 0 Å². The molecule has 21 heavy (non-hydrogen) atoms. The van der Waals surface area contributed by atoms with Crippen LogP contribution in [0.1, 0.15) is 11.1 Å². The predicted molar refractivity (Wildman–Crippen MR) is 78.1 cm³/mol. The van der Waals surface area contributed by atoms with E-state index in [1.165, 1.54) is 24.3 Å². The fourth-order valence-electron chi connectivity index (χ4n) is 1.67. The largest absolute Gasteiger partial charge is 0.489 e. The van der Waals surface area contributed by atoms with Crippen molar-refractivity contribution in [2.75, 3.05) is 6.54 Å². The van der Waals surface area contributed by atoms with Crippen molar-refractivity contribution in [3.63, 3.8) is 0 Å². The number of ether oxygens (including phenoxy) is 1. The third kappa shape index (κ3) is 4.45. The van der Waals surface area contributed by atoms with E-state index < -0.39 is 11.6 Å². The van der Waals surface area contributed by atoms with Crippen molar-refractivity contribution in [1.29, 1.82) is 0 Å². The number of nitrogens with two attached hydrogens (primary N) is 1. The van der Waals surface area contributed by atoms with Gasteiger partial charge in [-0.1, -0.05) is 29.5 Å². The molecule has 0 aromatic heterocycles. The van der Waals surface area contributed by atoms with Crippen molar-refractivity contribution < 1.29 is 13.5 Å². The van der Waals surface area contributed by atoms with E-state index in [1.807, 2.05) is 0 Å². The molecule has 0 atom stereocenters. The molecule has 0 unspecified atom stereocenters. The smallest absolute Gasteiger partial charge is 0.142 e. The molecular formula is C16H12ClF2NO. The highest BCUT2D eigenvalue weighted by Gasteiger charge is 2.04. The van der Waals surface area contributed by atoms with Gasteiger partial charge in [0.1, 0.15) is 24.0 Å². The van der Waals surface area contributed by atoms with E-state index in [2.05, 4.69) is 11.8 Å². The first kappa shape index (κ1) is 15.3. The molecule has 0 aliphatic carbocycles. The maximum Gasteiger partial charge on any atom is 0.142 e. The highest BCUT2D eigenvalue weighted by atomic mass is 35.5. The van der Waals surface area contributed by atoms with Crippen LogP contribution >= 0.6 is 11.6 Å². The Kier molecular flexibility index (Phi) is 5.15. The second-order valence-corrected chi connectivity index (χ2v) is 4.63. The third-order valence-corrected chi connectivity index (χ3v) is 2.90. The molecule has 2 N–H and O–H groups in total. The van der Waals surface area contributed by atoms with E-state index in [9.17, 15) is 8.78 Å². The Balaban J connectivity index is 2.12. The molecule has 2 nitrogen and oxygen atoms in total. The quantitative estimate of drug-likeness (QED) is 0.881. The molecule has 0 spiro atoms. The van der Waals surface area contributed by atoms with Gasteiger partial charge in [-0.05, 0) is 29.8 Å². The molecule has 0 aliphatic rings. The first-order valence-corrected chi connectivity index (χ1v) is 6.52. The molecular weight excluding hydrogens is 296 g/mol. The maximum absolute atomic E-state index is 13.4. The fourth-order valence-corrected chi connectivity index (χ4v) is 1.78. The highest BCUT2D eigenvalue weighted by Crippen LogP contribution is 2.19. The second kappa shape index (κ2) is 7.07. The molecule has 2 aromatic rings. The van der Waals surface area contributed by atoms with Gasteiger partial charge in [0.15, 0.2) is 0 Å². The standard InChI is InChI=1S/C16H12ClF2NO/c17-15-4-3-12(8-16(15)19)10-21-14-7-11(2-1-5-20)6-13(18)9-14/h3-4,6-9H,5,10,20H2. The molecule has 0 fully saturated rings. The summed E-state index contributed by atoms with van der Waals surface area (Å²) in [5.74, 6) is 4.69. The first-order valence-electron chi connectivity index (χ1n) is 6.15. The van der Waals surface area contributed by atoms with Gasteiger partial charge in [0, 0.05) is 11.6 Å². The summed E-state index contributed by atoms with van der Waals surface area (Å²) in [5, 5.41) is 0.0452. The minimum absolute atomic E-state index is 0.0452. The Labute approximate surface area is 126 Å². The zero-order valence-electron chi connectivity index (χ0n) is 11.0. The van der Waals surface area contributed by atoms with Gasteiger partial charge in [0.2, 0.25) is 0 Å². The van der Waals surface area contributed by atoms with E-state index in [-0.39, 0.29) is 18.2 Å². The van der Waals surface area contributed by atoms with Gasteiger partial charge in [-0.3, -0.25) is 0 Å². The van der Waals surface area contributed by atoms with Crippen LogP contribution in [0.5, 0.6) is 5.75 Å². The van der Waals surface area contributed by atoms with Crippen LogP contribution in [0, 0.1) is 23.5 Å². The fraction of sp³-hybridized carbons (Fsp3) is 0.125. The van der Waals surface area contributed by atoms with E-state index in [0.717, 1.165) is 0 Å². The molecule has 2 rings (SSSR count). The molecule has 108 valence electrons. The molecule has 0 aliphatic heterocycles. The van der Waals surface area contributed by atoms with Gasteiger partial charge >= 0.3 is 0 Å². The van der Waals surface area contributed by atoms with Crippen molar-refractivity contribution in [3.05, 3.63) is 64.2 Å². The molecule has 0 radical (unpaired) electrons. The van der Waals surface area contributed by atoms with Crippen LogP contribution in [0.15, 0.2) is 36.4 Å². The van der Waals surface area contributed by atoms with Gasteiger partial charge in [-0.15, -0.1) is 0 Å². The summed E-state index contributed by atoms with van der Waals surface area (Å²) in [6, 6.07) is 8.48. The summed E-state index contributed by atoms with van der Waals surface area (Å²) < 4.78 is 32.2. The Morgan fingerprint density at radius 1 is 1.14 bits per heavy atom. The lowest BCUT2D eigenvalue weighted by Crippen LogP contribution is -1.97. The van der Waals surface area contributed by atoms with Crippen LogP contribution in [-0.4, -0.2) is 6.54 Å². The van der Waals surface area contributed by atoms with Crippen molar-refractivity contribution in [3.8, 4) is 17.6 Å². The molecule has 0 amide bonds. The topological polar surface area (TPSA) is 35.2 Å². The van der Waals surface area contributed by atoms with Crippen LogP contribution in [-0.2, 0) is 6.61 Å². The Hall–Kier alpha value is -2.09. The predicted octanol–water partition coefficient (Wildman–Crippen LogP) is 3.51. The van der Waals surface area contributed by atoms with E-state index in [1.54, 1.807) is 12.1 Å². The van der Waals surface area contributed by atoms with Crippen LogP contribution in [0.3, 0.4) is 0 Å². The van der Waals surface area contributed by atoms with E-state index in [0.29, 0.717) is 16.9 Å². The monoisotopic (exact) mass is 307 g/mol. The number of halogens is 3. The van der Waals surface area contributed by atoms with Gasteiger partial charge < -0.3 is 10.5 Å². The number of benzene rings is 2. The molecule has 2 aromatic carbocycles. The summed E-state index contributed by atoms with van der Waals surface area (Å²) >= 11 is 5.60. The number of rotatable bonds is 3. The van der Waals surface area contributed by atoms with Gasteiger partial charge in [-0.2, -0.15) is 0 Å². The van der Waals surface area contributed by atoms with Gasteiger partial charge in [0.05, 0.1) is 11.6 Å². The summed E-state index contributed by atoms with van der Waals surface area (Å²) in [5.41, 5.74) is 6.33. The molecule has 0 saturated heterocycles. The summed E-state index contributed by atoms with van der Waals surface area (Å²) in [4.78, 5) is 0. The van der Waals surface area contributed by atoms with E-state index >= 15 is 0 Å². The van der Waals surface area contributed by atoms with Crippen molar-refractivity contribution >= 4 is 11.6 Å². The lowest BCUT2D eigenvalue weighted by Gasteiger charge is -2.07. The van der Waals surface area contributed by atoms with Crippen LogP contribution in [0.2, 0.25) is 5.02 Å². The zero-order valence-corrected chi connectivity index (χ0v) is 11.8. The van der Waals surface area contributed by atoms with Gasteiger partial charge in [-0.25, -0.2) is 8.78 Å². The molecule has 0 heterocycles. The lowest BCUT2D eigenvalue weighted by atomic mass is 10.2. The second-order valence-electron chi connectivity index (χ2n) is 4.22. The zero-order chi connectivity index (χ0) is 15.2. The maximum atomic E-state index is 13.4. The van der Waals surface area contributed by atoms with Crippen LogP contribution < -0.4 is 10.5 Å². The average Bonchev–Trinajstić information content (AvgIpc) is 2.46. The van der Waals surface area contributed by atoms with Crippen LogP contribution in [0.4, 0.5) is 8.78 Å². The number of hydrogen-bond donors (Lipinski definition) is 1. The average molecular weight is 308 g/mol. The summed E-state index contributed by atoms with van der Waals surface area (Å²) in [6.45, 7) is 0.290. The van der Waals surface area contributed by atoms with Crippen molar-refractivity contribution in [2.24, 2.45) is 5.73 Å². The Morgan fingerprint density at radius 3 is 2.67 bits per heavy atom. The Bertz CT molecular complexity index is 707. The lowest BCUT2D eigenvalue weighted by molar-refractivity contribution is 0.304. The third-order valence-electron chi connectivity index (χ3n) is 2.60. The Morgan fingerprint density at radius 2 is 1.95 bits per heavy atom. The van der Waals surface area contributed by atoms with Crippen LogP contribution in [0.25, 0.3) is 0 Å². The normalized spacial score (nSPS) is 9.90. The molecule has 5 heteroatoms. The first-order chi connectivity index (χ1) is 10.1. The van der Waals surface area contributed by atoms with Gasteiger partial charge in [0.25, 0.3) is 0 Å². The summed E-state index contributed by atoms with van der Waals surface area (Å²) in [6.07, 6.45) is 0. The minimum Gasteiger partial charge on any atom is -0.489 e. The molecule has 0 bridgehead atoms.